The Hall–Kier alpha value is -2.83. The minimum absolute atomic E-state index is 0.175. The van der Waals surface area contributed by atoms with Crippen molar-refractivity contribution in [2.45, 2.75) is 19.9 Å². The Morgan fingerprint density at radius 1 is 1.27 bits per heavy atom. The summed E-state index contributed by atoms with van der Waals surface area (Å²) in [7, 11) is 1.85. The molecule has 3 rings (SSSR count). The summed E-state index contributed by atoms with van der Waals surface area (Å²) in [5.74, 6) is -1.16. The fourth-order valence-corrected chi connectivity index (χ4v) is 3.48. The number of nitrogens with one attached hydrogen (secondary N) is 1. The first-order chi connectivity index (χ1) is 12.4. The van der Waals surface area contributed by atoms with Crippen LogP contribution < -0.4 is 5.32 Å². The highest BCUT2D eigenvalue weighted by Crippen LogP contribution is 2.23. The van der Waals surface area contributed by atoms with E-state index in [0.29, 0.717) is 19.5 Å². The Bertz CT molecular complexity index is 787. The quantitative estimate of drug-likeness (QED) is 0.880. The summed E-state index contributed by atoms with van der Waals surface area (Å²) >= 11 is 0. The molecule has 2 heterocycles. The van der Waals surface area contributed by atoms with Crippen LogP contribution in [0.2, 0.25) is 0 Å². The molecule has 1 aliphatic heterocycles. The van der Waals surface area contributed by atoms with Crippen molar-refractivity contribution in [1.82, 2.24) is 20.0 Å². The van der Waals surface area contributed by atoms with Gasteiger partial charge in [0.05, 0.1) is 11.6 Å². The lowest BCUT2D eigenvalue weighted by Gasteiger charge is -2.34. The number of carbonyl (C=O) groups excluding carboxylic acids is 1. The first-order valence-electron chi connectivity index (χ1n) is 8.77. The van der Waals surface area contributed by atoms with Crippen LogP contribution in [0.1, 0.15) is 18.9 Å². The van der Waals surface area contributed by atoms with E-state index in [1.807, 2.05) is 50.5 Å². The number of aromatic nitrogens is 2. The van der Waals surface area contributed by atoms with Crippen LogP contribution in [-0.4, -0.2) is 44.9 Å². The molecule has 0 bridgehead atoms. The largest absolute Gasteiger partial charge is 0.481 e. The normalized spacial score (nSPS) is 20.0. The number of hydrogen-bond donors (Lipinski definition) is 2. The van der Waals surface area contributed by atoms with E-state index in [1.54, 1.807) is 9.58 Å². The predicted molar refractivity (Wildman–Crippen MR) is 97.4 cm³/mol. The SMILES string of the molecule is CC1CC(C(=O)O)CN(C(=O)NCc2cn(C)nc2-c2ccccc2)C1. The highest BCUT2D eigenvalue weighted by Gasteiger charge is 2.31. The van der Waals surface area contributed by atoms with Crippen LogP contribution in [0.3, 0.4) is 0 Å². The summed E-state index contributed by atoms with van der Waals surface area (Å²) in [6.07, 6.45) is 2.50. The lowest BCUT2D eigenvalue weighted by molar-refractivity contribution is -0.143. The lowest BCUT2D eigenvalue weighted by Crippen LogP contribution is -2.49. The second kappa shape index (κ2) is 7.59. The number of rotatable bonds is 4. The summed E-state index contributed by atoms with van der Waals surface area (Å²) in [4.78, 5) is 25.4. The average Bonchev–Trinajstić information content (AvgIpc) is 3.00. The summed E-state index contributed by atoms with van der Waals surface area (Å²) in [6.45, 7) is 3.15. The average molecular weight is 356 g/mol. The van der Waals surface area contributed by atoms with Crippen molar-refractivity contribution in [3.63, 3.8) is 0 Å². The van der Waals surface area contributed by atoms with E-state index in [0.717, 1.165) is 16.8 Å². The zero-order valence-corrected chi connectivity index (χ0v) is 15.1. The number of aryl methyl sites for hydroxylation is 1. The van der Waals surface area contributed by atoms with Gasteiger partial charge < -0.3 is 15.3 Å². The Morgan fingerprint density at radius 3 is 2.69 bits per heavy atom. The molecule has 26 heavy (non-hydrogen) atoms. The molecule has 0 radical (unpaired) electrons. The molecule has 0 aliphatic carbocycles. The molecule has 7 heteroatoms. The number of hydrogen-bond acceptors (Lipinski definition) is 3. The maximum Gasteiger partial charge on any atom is 0.317 e. The summed E-state index contributed by atoms with van der Waals surface area (Å²) in [5.41, 5.74) is 2.76. The van der Waals surface area contributed by atoms with Crippen molar-refractivity contribution in [3.8, 4) is 11.3 Å². The highest BCUT2D eigenvalue weighted by molar-refractivity contribution is 5.77. The van der Waals surface area contributed by atoms with Crippen molar-refractivity contribution >= 4 is 12.0 Å². The molecule has 1 fully saturated rings. The van der Waals surface area contributed by atoms with Crippen molar-refractivity contribution in [3.05, 3.63) is 42.1 Å². The van der Waals surface area contributed by atoms with Crippen molar-refractivity contribution in [2.24, 2.45) is 18.9 Å². The fourth-order valence-electron chi connectivity index (χ4n) is 3.48. The first kappa shape index (κ1) is 18.0. The van der Waals surface area contributed by atoms with E-state index in [9.17, 15) is 14.7 Å². The first-order valence-corrected chi connectivity index (χ1v) is 8.77. The smallest absolute Gasteiger partial charge is 0.317 e. The Balaban J connectivity index is 1.68. The lowest BCUT2D eigenvalue weighted by atomic mass is 9.91. The van der Waals surface area contributed by atoms with Gasteiger partial charge in [-0.2, -0.15) is 5.10 Å². The number of nitrogens with zero attached hydrogens (tertiary/aromatic N) is 3. The number of amides is 2. The van der Waals surface area contributed by atoms with Gasteiger partial charge in [0.1, 0.15) is 0 Å². The molecule has 1 aromatic carbocycles. The number of carboxylic acid groups (broad SMARTS) is 1. The van der Waals surface area contributed by atoms with Crippen LogP contribution in [0.5, 0.6) is 0 Å². The highest BCUT2D eigenvalue weighted by atomic mass is 16.4. The molecule has 0 spiro atoms. The van der Waals surface area contributed by atoms with E-state index in [1.165, 1.54) is 0 Å². The molecule has 1 saturated heterocycles. The molecule has 2 atom stereocenters. The third kappa shape index (κ3) is 4.04. The molecule has 1 aliphatic rings. The third-order valence-electron chi connectivity index (χ3n) is 4.68. The minimum atomic E-state index is -0.840. The molecule has 138 valence electrons. The predicted octanol–water partition coefficient (Wildman–Crippen LogP) is 2.34. The van der Waals surface area contributed by atoms with Gasteiger partial charge in [-0.25, -0.2) is 4.79 Å². The second-order valence-corrected chi connectivity index (χ2v) is 6.98. The van der Waals surface area contributed by atoms with Gasteiger partial charge in [-0.1, -0.05) is 37.3 Å². The van der Waals surface area contributed by atoms with Crippen molar-refractivity contribution < 1.29 is 14.7 Å². The van der Waals surface area contributed by atoms with Gasteiger partial charge >= 0.3 is 12.0 Å². The van der Waals surface area contributed by atoms with E-state index in [2.05, 4.69) is 10.4 Å². The molecular formula is C19H24N4O3. The van der Waals surface area contributed by atoms with Gasteiger partial charge in [0.25, 0.3) is 0 Å². The Labute approximate surface area is 152 Å². The third-order valence-corrected chi connectivity index (χ3v) is 4.68. The number of piperidine rings is 1. The van der Waals surface area contributed by atoms with Crippen LogP contribution in [0, 0.1) is 11.8 Å². The van der Waals surface area contributed by atoms with Crippen LogP contribution in [0.15, 0.2) is 36.5 Å². The summed E-state index contributed by atoms with van der Waals surface area (Å²) in [5, 5.41) is 16.7. The minimum Gasteiger partial charge on any atom is -0.481 e. The van der Waals surface area contributed by atoms with Gasteiger partial charge in [0, 0.05) is 44.0 Å². The number of benzene rings is 1. The number of aliphatic carboxylic acids is 1. The van der Waals surface area contributed by atoms with E-state index in [-0.39, 0.29) is 18.5 Å². The second-order valence-electron chi connectivity index (χ2n) is 6.98. The number of carbonyl (C=O) groups is 2. The standard InChI is InChI=1S/C19H24N4O3/c1-13-8-15(18(24)25)12-23(10-13)19(26)20-9-16-11-22(2)21-17(16)14-6-4-3-5-7-14/h3-7,11,13,15H,8-10,12H2,1-2H3,(H,20,26)(H,24,25). The topological polar surface area (TPSA) is 87.5 Å². The van der Waals surface area contributed by atoms with Gasteiger partial charge in [-0.3, -0.25) is 9.48 Å². The zero-order valence-electron chi connectivity index (χ0n) is 15.1. The molecular weight excluding hydrogens is 332 g/mol. The Kier molecular flexibility index (Phi) is 5.25. The van der Waals surface area contributed by atoms with Crippen LogP contribution in [0.25, 0.3) is 11.3 Å². The van der Waals surface area contributed by atoms with Crippen molar-refractivity contribution in [2.75, 3.05) is 13.1 Å². The molecule has 0 saturated carbocycles. The van der Waals surface area contributed by atoms with Gasteiger partial charge in [-0.15, -0.1) is 0 Å². The van der Waals surface area contributed by atoms with E-state index >= 15 is 0 Å². The molecule has 2 unspecified atom stereocenters. The van der Waals surface area contributed by atoms with Gasteiger partial charge in [0.2, 0.25) is 0 Å². The number of likely N-dealkylation sites (tertiary alicyclic amines) is 1. The van der Waals surface area contributed by atoms with Crippen molar-refractivity contribution in [1.29, 1.82) is 0 Å². The maximum absolute atomic E-state index is 12.5. The molecule has 7 nitrogen and oxygen atoms in total. The molecule has 2 N–H and O–H groups in total. The van der Waals surface area contributed by atoms with E-state index < -0.39 is 11.9 Å². The molecule has 1 aromatic heterocycles. The van der Waals surface area contributed by atoms with Gasteiger partial charge in [-0.05, 0) is 12.3 Å². The zero-order chi connectivity index (χ0) is 18.7. The van der Waals surface area contributed by atoms with Crippen LogP contribution in [-0.2, 0) is 18.4 Å². The Morgan fingerprint density at radius 2 is 2.00 bits per heavy atom. The summed E-state index contributed by atoms with van der Waals surface area (Å²) in [6, 6.07) is 9.59. The number of carboxylic acids is 1. The molecule has 2 amide bonds. The molecule has 2 aromatic rings. The summed E-state index contributed by atoms with van der Waals surface area (Å²) < 4.78 is 1.73. The maximum atomic E-state index is 12.5. The number of urea groups is 1. The van der Waals surface area contributed by atoms with Crippen LogP contribution >= 0.6 is 0 Å². The van der Waals surface area contributed by atoms with Gasteiger partial charge in [0.15, 0.2) is 0 Å². The monoisotopic (exact) mass is 356 g/mol. The fraction of sp³-hybridized carbons (Fsp3) is 0.421. The van der Waals surface area contributed by atoms with Crippen LogP contribution in [0.4, 0.5) is 4.79 Å². The van der Waals surface area contributed by atoms with E-state index in [4.69, 9.17) is 0 Å².